The summed E-state index contributed by atoms with van der Waals surface area (Å²) in [4.78, 5) is 0. The molecular weight excluding hydrogens is 258 g/mol. The van der Waals surface area contributed by atoms with Gasteiger partial charge in [-0.05, 0) is 50.4 Å². The Hall–Kier alpha value is -0.690. The maximum atomic E-state index is 13.1. The summed E-state index contributed by atoms with van der Waals surface area (Å²) in [5.41, 5.74) is 0.215. The fourth-order valence-corrected chi connectivity index (χ4v) is 3.76. The summed E-state index contributed by atoms with van der Waals surface area (Å²) in [7, 11) is 0. The van der Waals surface area contributed by atoms with E-state index in [9.17, 15) is 8.78 Å². The van der Waals surface area contributed by atoms with Gasteiger partial charge in [0, 0.05) is 31.3 Å². The molecule has 0 aliphatic heterocycles. The van der Waals surface area contributed by atoms with Crippen LogP contribution in [-0.2, 0) is 0 Å². The molecule has 0 amide bonds. The Morgan fingerprint density at radius 1 is 1.05 bits per heavy atom. The summed E-state index contributed by atoms with van der Waals surface area (Å²) < 4.78 is 26.3. The Balaban J connectivity index is 1.76. The second kappa shape index (κ2) is 6.39. The number of nitrogens with one attached hydrogen (secondary N) is 1. The van der Waals surface area contributed by atoms with Crippen LogP contribution in [0.4, 0.5) is 8.78 Å². The number of rotatable bonds is 4. The minimum atomic E-state index is -2.44. The molecule has 2 saturated carbocycles. The van der Waals surface area contributed by atoms with Crippen molar-refractivity contribution in [3.8, 4) is 6.07 Å². The first-order chi connectivity index (χ1) is 9.49. The third-order valence-electron chi connectivity index (χ3n) is 5.44. The van der Waals surface area contributed by atoms with E-state index >= 15 is 0 Å². The lowest BCUT2D eigenvalue weighted by Gasteiger charge is -2.40. The van der Waals surface area contributed by atoms with E-state index in [0.29, 0.717) is 25.3 Å². The average molecular weight is 284 g/mol. The van der Waals surface area contributed by atoms with Gasteiger partial charge in [-0.25, -0.2) is 8.78 Å². The predicted octanol–water partition coefficient (Wildman–Crippen LogP) is 4.41. The third-order valence-corrected chi connectivity index (χ3v) is 5.44. The zero-order valence-corrected chi connectivity index (χ0v) is 12.4. The highest BCUT2D eigenvalue weighted by Crippen LogP contribution is 2.42. The van der Waals surface area contributed by atoms with Gasteiger partial charge in [-0.2, -0.15) is 5.26 Å². The van der Waals surface area contributed by atoms with Crippen molar-refractivity contribution in [3.63, 3.8) is 0 Å². The Morgan fingerprint density at radius 3 is 2.00 bits per heavy atom. The molecule has 2 rings (SSSR count). The highest BCUT2D eigenvalue weighted by atomic mass is 19.3. The van der Waals surface area contributed by atoms with Gasteiger partial charge < -0.3 is 5.32 Å². The lowest BCUT2D eigenvalue weighted by molar-refractivity contribution is -0.0419. The van der Waals surface area contributed by atoms with Gasteiger partial charge in [0.2, 0.25) is 5.92 Å². The molecule has 20 heavy (non-hydrogen) atoms. The van der Waals surface area contributed by atoms with Crippen LogP contribution in [0, 0.1) is 16.7 Å². The third kappa shape index (κ3) is 3.91. The predicted molar refractivity (Wildman–Crippen MR) is 75.5 cm³/mol. The molecule has 0 spiro atoms. The SMILES string of the molecule is CC[C@]1(CC#N)CC[C@@H](NC2CCC(F)(F)CC2)CC1. The van der Waals surface area contributed by atoms with Gasteiger partial charge in [0.1, 0.15) is 0 Å². The maximum Gasteiger partial charge on any atom is 0.248 e. The zero-order chi connectivity index (χ0) is 14.6. The number of hydrogen-bond donors (Lipinski definition) is 1. The fraction of sp³-hybridized carbons (Fsp3) is 0.938. The number of nitriles is 1. The molecule has 1 N–H and O–H groups in total. The van der Waals surface area contributed by atoms with Gasteiger partial charge in [0.05, 0.1) is 6.07 Å². The lowest BCUT2D eigenvalue weighted by Crippen LogP contribution is -2.45. The molecule has 0 bridgehead atoms. The number of halogens is 2. The van der Waals surface area contributed by atoms with Crippen molar-refractivity contribution >= 4 is 0 Å². The van der Waals surface area contributed by atoms with Crippen LogP contribution in [0.5, 0.6) is 0 Å². The standard InChI is InChI=1S/C16H26F2N2/c1-2-15(11-12-19)7-3-13(4-8-15)20-14-5-9-16(17,18)10-6-14/h13-14,20H,2-11H2,1H3/t13-,15+. The second-order valence-electron chi connectivity index (χ2n) is 6.76. The molecule has 0 radical (unpaired) electrons. The van der Waals surface area contributed by atoms with Crippen LogP contribution in [0.3, 0.4) is 0 Å². The maximum absolute atomic E-state index is 13.1. The van der Waals surface area contributed by atoms with Gasteiger partial charge in [0.25, 0.3) is 0 Å². The topological polar surface area (TPSA) is 35.8 Å². The number of nitrogens with zero attached hydrogens (tertiary/aromatic N) is 1. The summed E-state index contributed by atoms with van der Waals surface area (Å²) in [6, 6.07) is 3.06. The first-order valence-corrected chi connectivity index (χ1v) is 7.99. The van der Waals surface area contributed by atoms with Crippen molar-refractivity contribution in [1.29, 1.82) is 5.26 Å². The monoisotopic (exact) mass is 284 g/mol. The van der Waals surface area contributed by atoms with Gasteiger partial charge >= 0.3 is 0 Å². The van der Waals surface area contributed by atoms with Crippen molar-refractivity contribution in [2.45, 2.75) is 89.1 Å². The molecule has 0 aromatic heterocycles. The van der Waals surface area contributed by atoms with E-state index < -0.39 is 5.92 Å². The minimum absolute atomic E-state index is 0.0325. The van der Waals surface area contributed by atoms with Crippen LogP contribution in [0.15, 0.2) is 0 Å². The molecule has 0 atom stereocenters. The van der Waals surface area contributed by atoms with E-state index in [1.807, 2.05) is 0 Å². The summed E-state index contributed by atoms with van der Waals surface area (Å²) in [6.07, 6.45) is 7.35. The molecule has 114 valence electrons. The van der Waals surface area contributed by atoms with Crippen molar-refractivity contribution in [2.75, 3.05) is 0 Å². The largest absolute Gasteiger partial charge is 0.311 e. The Morgan fingerprint density at radius 2 is 1.55 bits per heavy atom. The smallest absolute Gasteiger partial charge is 0.248 e. The van der Waals surface area contributed by atoms with Crippen molar-refractivity contribution in [3.05, 3.63) is 0 Å². The van der Waals surface area contributed by atoms with Crippen LogP contribution in [0.2, 0.25) is 0 Å². The van der Waals surface area contributed by atoms with E-state index in [2.05, 4.69) is 18.3 Å². The molecule has 2 nitrogen and oxygen atoms in total. The van der Waals surface area contributed by atoms with Crippen LogP contribution < -0.4 is 5.32 Å². The summed E-state index contributed by atoms with van der Waals surface area (Å²) in [5.74, 6) is -2.44. The molecular formula is C16H26F2N2. The molecule has 2 fully saturated rings. The van der Waals surface area contributed by atoms with Crippen LogP contribution >= 0.6 is 0 Å². The number of hydrogen-bond acceptors (Lipinski definition) is 2. The van der Waals surface area contributed by atoms with E-state index in [4.69, 9.17) is 5.26 Å². The molecule has 2 aliphatic rings. The summed E-state index contributed by atoms with van der Waals surface area (Å²) in [5, 5.41) is 12.5. The van der Waals surface area contributed by atoms with E-state index in [1.165, 1.54) is 0 Å². The lowest BCUT2D eigenvalue weighted by atomic mass is 9.69. The van der Waals surface area contributed by atoms with Crippen molar-refractivity contribution < 1.29 is 8.78 Å². The van der Waals surface area contributed by atoms with E-state index in [-0.39, 0.29) is 24.3 Å². The molecule has 0 aromatic carbocycles. The molecule has 4 heteroatoms. The number of alkyl halides is 2. The molecule has 0 unspecified atom stereocenters. The first kappa shape index (κ1) is 15.7. The minimum Gasteiger partial charge on any atom is -0.311 e. The van der Waals surface area contributed by atoms with Gasteiger partial charge in [-0.1, -0.05) is 6.92 Å². The normalized spacial score (nSPS) is 34.6. The van der Waals surface area contributed by atoms with E-state index in [0.717, 1.165) is 32.1 Å². The zero-order valence-electron chi connectivity index (χ0n) is 12.4. The van der Waals surface area contributed by atoms with Crippen LogP contribution in [0.25, 0.3) is 0 Å². The highest BCUT2D eigenvalue weighted by Gasteiger charge is 2.37. The van der Waals surface area contributed by atoms with Gasteiger partial charge in [0.15, 0.2) is 0 Å². The van der Waals surface area contributed by atoms with Gasteiger partial charge in [-0.15, -0.1) is 0 Å². The highest BCUT2D eigenvalue weighted by molar-refractivity contribution is 4.94. The molecule has 0 aromatic rings. The average Bonchev–Trinajstić information content (AvgIpc) is 2.44. The first-order valence-electron chi connectivity index (χ1n) is 7.99. The van der Waals surface area contributed by atoms with Gasteiger partial charge in [-0.3, -0.25) is 0 Å². The summed E-state index contributed by atoms with van der Waals surface area (Å²) >= 11 is 0. The molecule has 0 saturated heterocycles. The van der Waals surface area contributed by atoms with Crippen molar-refractivity contribution in [2.24, 2.45) is 5.41 Å². The molecule has 2 aliphatic carbocycles. The molecule has 0 heterocycles. The van der Waals surface area contributed by atoms with E-state index in [1.54, 1.807) is 0 Å². The quantitative estimate of drug-likeness (QED) is 0.830. The Labute approximate surface area is 120 Å². The van der Waals surface area contributed by atoms with Crippen molar-refractivity contribution in [1.82, 2.24) is 5.32 Å². The second-order valence-corrected chi connectivity index (χ2v) is 6.76. The fourth-order valence-electron chi connectivity index (χ4n) is 3.76. The van der Waals surface area contributed by atoms with Crippen LogP contribution in [0.1, 0.15) is 71.1 Å². The Bertz CT molecular complexity index is 344. The summed E-state index contributed by atoms with van der Waals surface area (Å²) in [6.45, 7) is 2.17. The Kier molecular flexibility index (Phi) is 5.01. The van der Waals surface area contributed by atoms with Crippen LogP contribution in [-0.4, -0.2) is 18.0 Å².